The molecule has 1 rings (SSSR count). The zero-order valence-electron chi connectivity index (χ0n) is 8.79. The number of aliphatic hydroxyl groups is 1. The molecule has 78 valence electrons. The molecular formula is C10H22N2O. The van der Waals surface area contributed by atoms with E-state index in [4.69, 9.17) is 5.73 Å². The zero-order valence-corrected chi connectivity index (χ0v) is 8.79. The third-order valence-corrected chi connectivity index (χ3v) is 2.65. The van der Waals surface area contributed by atoms with Crippen LogP contribution >= 0.6 is 0 Å². The first-order chi connectivity index (χ1) is 6.01. The van der Waals surface area contributed by atoms with Crippen LogP contribution in [-0.4, -0.2) is 41.8 Å². The number of rotatable bonds is 3. The number of hydrogen-bond donors (Lipinski definition) is 2. The SMILES string of the molecule is CC(C)(O)CN1CCC(CN)CC1. The summed E-state index contributed by atoms with van der Waals surface area (Å²) < 4.78 is 0. The molecule has 3 heteroatoms. The molecule has 0 radical (unpaired) electrons. The van der Waals surface area contributed by atoms with E-state index < -0.39 is 5.60 Å². The Kier molecular flexibility index (Phi) is 3.71. The lowest BCUT2D eigenvalue weighted by Crippen LogP contribution is -2.43. The Bertz CT molecular complexity index is 145. The monoisotopic (exact) mass is 186 g/mol. The second kappa shape index (κ2) is 4.40. The van der Waals surface area contributed by atoms with Crippen molar-refractivity contribution in [3.8, 4) is 0 Å². The minimum atomic E-state index is -0.560. The van der Waals surface area contributed by atoms with Gasteiger partial charge < -0.3 is 15.7 Å². The van der Waals surface area contributed by atoms with Crippen molar-refractivity contribution < 1.29 is 5.11 Å². The molecule has 0 atom stereocenters. The second-order valence-corrected chi connectivity index (χ2v) is 4.77. The van der Waals surface area contributed by atoms with Gasteiger partial charge in [0, 0.05) is 6.54 Å². The summed E-state index contributed by atoms with van der Waals surface area (Å²) in [7, 11) is 0. The molecule has 0 saturated carbocycles. The lowest BCUT2D eigenvalue weighted by Gasteiger charge is -2.34. The minimum Gasteiger partial charge on any atom is -0.389 e. The molecule has 3 N–H and O–H groups in total. The maximum Gasteiger partial charge on any atom is 0.0718 e. The fourth-order valence-electron chi connectivity index (χ4n) is 1.93. The van der Waals surface area contributed by atoms with Gasteiger partial charge in [-0.25, -0.2) is 0 Å². The van der Waals surface area contributed by atoms with Gasteiger partial charge in [0.15, 0.2) is 0 Å². The Morgan fingerprint density at radius 1 is 1.38 bits per heavy atom. The molecule has 0 amide bonds. The van der Waals surface area contributed by atoms with Crippen molar-refractivity contribution >= 4 is 0 Å². The highest BCUT2D eigenvalue weighted by atomic mass is 16.3. The Balaban J connectivity index is 2.25. The van der Waals surface area contributed by atoms with Gasteiger partial charge in [0.1, 0.15) is 0 Å². The highest BCUT2D eigenvalue weighted by Crippen LogP contribution is 2.17. The summed E-state index contributed by atoms with van der Waals surface area (Å²) in [6.45, 7) is 7.50. The molecule has 1 heterocycles. The Morgan fingerprint density at radius 2 is 1.92 bits per heavy atom. The van der Waals surface area contributed by atoms with Gasteiger partial charge in [0.2, 0.25) is 0 Å². The van der Waals surface area contributed by atoms with E-state index in [1.807, 2.05) is 13.8 Å². The van der Waals surface area contributed by atoms with Gasteiger partial charge in [-0.3, -0.25) is 0 Å². The van der Waals surface area contributed by atoms with Gasteiger partial charge in [-0.2, -0.15) is 0 Å². The molecule has 0 bridgehead atoms. The van der Waals surface area contributed by atoms with Crippen molar-refractivity contribution in [2.75, 3.05) is 26.2 Å². The molecule has 1 aliphatic rings. The number of hydrogen-bond acceptors (Lipinski definition) is 3. The van der Waals surface area contributed by atoms with Gasteiger partial charge in [0.05, 0.1) is 5.60 Å². The Hall–Kier alpha value is -0.120. The molecule has 1 aliphatic heterocycles. The van der Waals surface area contributed by atoms with E-state index in [0.717, 1.165) is 26.2 Å². The number of likely N-dealkylation sites (tertiary alicyclic amines) is 1. The van der Waals surface area contributed by atoms with Crippen molar-refractivity contribution in [1.29, 1.82) is 0 Å². The smallest absolute Gasteiger partial charge is 0.0718 e. The average Bonchev–Trinajstić information content (AvgIpc) is 2.03. The zero-order chi connectivity index (χ0) is 9.90. The van der Waals surface area contributed by atoms with Crippen molar-refractivity contribution in [3.05, 3.63) is 0 Å². The Morgan fingerprint density at radius 3 is 2.31 bits per heavy atom. The third kappa shape index (κ3) is 4.07. The summed E-state index contributed by atoms with van der Waals surface area (Å²) >= 11 is 0. The molecule has 0 aliphatic carbocycles. The van der Waals surface area contributed by atoms with E-state index >= 15 is 0 Å². The van der Waals surface area contributed by atoms with Crippen molar-refractivity contribution in [3.63, 3.8) is 0 Å². The first kappa shape index (κ1) is 11.0. The second-order valence-electron chi connectivity index (χ2n) is 4.77. The highest BCUT2D eigenvalue weighted by Gasteiger charge is 2.22. The first-order valence-corrected chi connectivity index (χ1v) is 5.16. The Labute approximate surface area is 80.9 Å². The number of nitrogens with zero attached hydrogens (tertiary/aromatic N) is 1. The molecular weight excluding hydrogens is 164 g/mol. The van der Waals surface area contributed by atoms with Crippen molar-refractivity contribution in [2.24, 2.45) is 11.7 Å². The topological polar surface area (TPSA) is 49.5 Å². The van der Waals surface area contributed by atoms with Gasteiger partial charge >= 0.3 is 0 Å². The molecule has 0 aromatic rings. The predicted octanol–water partition coefficient (Wildman–Crippen LogP) is 0.428. The fraction of sp³-hybridized carbons (Fsp3) is 1.00. The van der Waals surface area contributed by atoms with Crippen LogP contribution in [0.15, 0.2) is 0 Å². The fourth-order valence-corrected chi connectivity index (χ4v) is 1.93. The van der Waals surface area contributed by atoms with Gasteiger partial charge in [0.25, 0.3) is 0 Å². The molecule has 0 spiro atoms. The molecule has 0 unspecified atom stereocenters. The van der Waals surface area contributed by atoms with Crippen LogP contribution in [0.25, 0.3) is 0 Å². The van der Waals surface area contributed by atoms with E-state index in [9.17, 15) is 5.11 Å². The van der Waals surface area contributed by atoms with Crippen LogP contribution < -0.4 is 5.73 Å². The summed E-state index contributed by atoms with van der Waals surface area (Å²) in [5.74, 6) is 0.707. The molecule has 0 aromatic heterocycles. The van der Waals surface area contributed by atoms with Crippen LogP contribution in [0.1, 0.15) is 26.7 Å². The quantitative estimate of drug-likeness (QED) is 0.672. The minimum absolute atomic E-state index is 0.560. The van der Waals surface area contributed by atoms with Crippen LogP contribution in [0.4, 0.5) is 0 Å². The highest BCUT2D eigenvalue weighted by molar-refractivity contribution is 4.77. The maximum absolute atomic E-state index is 9.63. The number of β-amino-alcohol motifs (C(OH)–C–C–N with tert-alkyl or cyclic N) is 1. The van der Waals surface area contributed by atoms with E-state index in [2.05, 4.69) is 4.90 Å². The summed E-state index contributed by atoms with van der Waals surface area (Å²) in [4.78, 5) is 2.33. The van der Waals surface area contributed by atoms with Crippen LogP contribution in [0.2, 0.25) is 0 Å². The first-order valence-electron chi connectivity index (χ1n) is 5.16. The maximum atomic E-state index is 9.63. The lowest BCUT2D eigenvalue weighted by atomic mass is 9.96. The molecule has 1 saturated heterocycles. The van der Waals surface area contributed by atoms with E-state index in [1.54, 1.807) is 0 Å². The van der Waals surface area contributed by atoms with Crippen molar-refractivity contribution in [2.45, 2.75) is 32.3 Å². The standard InChI is InChI=1S/C10H22N2O/c1-10(2,13)8-12-5-3-9(7-11)4-6-12/h9,13H,3-8,11H2,1-2H3. The summed E-state index contributed by atoms with van der Waals surface area (Å²) in [5, 5.41) is 9.63. The van der Waals surface area contributed by atoms with Crippen LogP contribution in [0, 0.1) is 5.92 Å². The summed E-state index contributed by atoms with van der Waals surface area (Å²) in [6, 6.07) is 0. The van der Waals surface area contributed by atoms with Crippen molar-refractivity contribution in [1.82, 2.24) is 4.90 Å². The largest absolute Gasteiger partial charge is 0.389 e. The van der Waals surface area contributed by atoms with Gasteiger partial charge in [-0.15, -0.1) is 0 Å². The van der Waals surface area contributed by atoms with E-state index in [0.29, 0.717) is 5.92 Å². The van der Waals surface area contributed by atoms with E-state index in [1.165, 1.54) is 12.8 Å². The molecule has 3 nitrogen and oxygen atoms in total. The summed E-state index contributed by atoms with van der Waals surface area (Å²) in [6.07, 6.45) is 2.37. The molecule has 0 aromatic carbocycles. The van der Waals surface area contributed by atoms with Gasteiger partial charge in [-0.1, -0.05) is 0 Å². The van der Waals surface area contributed by atoms with Crippen LogP contribution in [0.5, 0.6) is 0 Å². The summed E-state index contributed by atoms with van der Waals surface area (Å²) in [5.41, 5.74) is 5.05. The predicted molar refractivity (Wildman–Crippen MR) is 54.5 cm³/mol. The average molecular weight is 186 g/mol. The molecule has 1 fully saturated rings. The van der Waals surface area contributed by atoms with E-state index in [-0.39, 0.29) is 0 Å². The normalized spacial score (nSPS) is 22.2. The van der Waals surface area contributed by atoms with Gasteiger partial charge in [-0.05, 0) is 52.2 Å². The van der Waals surface area contributed by atoms with Crippen LogP contribution in [-0.2, 0) is 0 Å². The lowest BCUT2D eigenvalue weighted by molar-refractivity contribution is 0.0250. The number of nitrogens with two attached hydrogens (primary N) is 1. The third-order valence-electron chi connectivity index (χ3n) is 2.65. The van der Waals surface area contributed by atoms with Crippen LogP contribution in [0.3, 0.4) is 0 Å². The molecule has 13 heavy (non-hydrogen) atoms. The number of piperidine rings is 1.